The number of nitro groups is 1. The monoisotopic (exact) mass is 342 g/mol. The molecule has 104 valence electrons. The number of hydrogen-bond acceptors (Lipinski definition) is 5. The zero-order valence-electron chi connectivity index (χ0n) is 9.78. The first kappa shape index (κ1) is 14.0. The summed E-state index contributed by atoms with van der Waals surface area (Å²) >= 11 is 3.07. The zero-order valence-corrected chi connectivity index (χ0v) is 11.4. The van der Waals surface area contributed by atoms with Gasteiger partial charge in [0.25, 0.3) is 0 Å². The molecule has 0 bridgehead atoms. The van der Waals surface area contributed by atoms with Crippen LogP contribution in [0.4, 0.5) is 5.69 Å². The van der Waals surface area contributed by atoms with Crippen LogP contribution < -0.4 is 5.56 Å². The lowest BCUT2D eigenvalue weighted by Crippen LogP contribution is -2.22. The van der Waals surface area contributed by atoms with E-state index in [0.29, 0.717) is 4.47 Å². The van der Waals surface area contributed by atoms with E-state index in [1.807, 2.05) is 0 Å². The molecule has 0 aliphatic rings. The molecule has 0 saturated heterocycles. The maximum Gasteiger partial charge on any atom is 0.371 e. The molecule has 0 fully saturated rings. The first-order valence-corrected chi connectivity index (χ1v) is 6.04. The van der Waals surface area contributed by atoms with Crippen LogP contribution in [0.25, 0.3) is 0 Å². The number of carboxylic acid groups (broad SMARTS) is 1. The molecule has 2 aromatic rings. The van der Waals surface area contributed by atoms with Crippen molar-refractivity contribution in [3.05, 3.63) is 60.9 Å². The summed E-state index contributed by atoms with van der Waals surface area (Å²) < 4.78 is 6.42. The third-order valence-electron chi connectivity index (χ3n) is 2.43. The van der Waals surface area contributed by atoms with Crippen LogP contribution in [-0.2, 0) is 6.54 Å². The molecule has 0 radical (unpaired) electrons. The van der Waals surface area contributed by atoms with Gasteiger partial charge in [0.05, 0.1) is 11.5 Å². The van der Waals surface area contributed by atoms with Gasteiger partial charge >= 0.3 is 17.2 Å². The number of pyridine rings is 1. The molecule has 2 rings (SSSR count). The highest BCUT2D eigenvalue weighted by molar-refractivity contribution is 9.10. The second-order valence-corrected chi connectivity index (χ2v) is 4.72. The average Bonchev–Trinajstić information content (AvgIpc) is 2.81. The van der Waals surface area contributed by atoms with E-state index in [9.17, 15) is 19.7 Å². The summed E-state index contributed by atoms with van der Waals surface area (Å²) in [7, 11) is 0. The van der Waals surface area contributed by atoms with Gasteiger partial charge in [-0.3, -0.25) is 14.9 Å². The molecule has 20 heavy (non-hydrogen) atoms. The predicted octanol–water partition coefficient (Wildman–Crippen LogP) is 1.86. The van der Waals surface area contributed by atoms with Crippen molar-refractivity contribution in [2.24, 2.45) is 0 Å². The number of aromatic carboxylic acids is 1. The fraction of sp³-hybridized carbons (Fsp3) is 0.0909. The third kappa shape index (κ3) is 2.77. The van der Waals surface area contributed by atoms with Gasteiger partial charge in [-0.25, -0.2) is 4.79 Å². The topological polar surface area (TPSA) is 116 Å². The van der Waals surface area contributed by atoms with Crippen molar-refractivity contribution in [3.63, 3.8) is 0 Å². The molecule has 0 aliphatic heterocycles. The summed E-state index contributed by atoms with van der Waals surface area (Å²) in [5.41, 5.74) is -1.38. The van der Waals surface area contributed by atoms with Gasteiger partial charge in [0.1, 0.15) is 5.76 Å². The molecule has 0 aromatic carbocycles. The van der Waals surface area contributed by atoms with Crippen LogP contribution in [0.2, 0.25) is 0 Å². The minimum Gasteiger partial charge on any atom is -0.475 e. The fourth-order valence-electron chi connectivity index (χ4n) is 1.58. The van der Waals surface area contributed by atoms with E-state index in [2.05, 4.69) is 15.9 Å². The van der Waals surface area contributed by atoms with E-state index in [-0.39, 0.29) is 18.1 Å². The Hall–Kier alpha value is -2.42. The van der Waals surface area contributed by atoms with E-state index in [1.54, 1.807) is 0 Å². The minimum atomic E-state index is -1.23. The van der Waals surface area contributed by atoms with Crippen LogP contribution in [0.3, 0.4) is 0 Å². The molecule has 2 heterocycles. The van der Waals surface area contributed by atoms with Crippen LogP contribution in [-0.4, -0.2) is 20.6 Å². The highest BCUT2D eigenvalue weighted by atomic mass is 79.9. The quantitative estimate of drug-likeness (QED) is 0.669. The van der Waals surface area contributed by atoms with Gasteiger partial charge in [0.15, 0.2) is 0 Å². The molecule has 0 amide bonds. The maximum absolute atomic E-state index is 11.9. The molecule has 9 heteroatoms. The lowest BCUT2D eigenvalue weighted by atomic mass is 10.3. The number of carbonyl (C=O) groups is 1. The molecule has 0 atom stereocenters. The number of carboxylic acids is 1. The van der Waals surface area contributed by atoms with Crippen molar-refractivity contribution in [1.82, 2.24) is 4.57 Å². The highest BCUT2D eigenvalue weighted by Gasteiger charge is 2.17. The number of furan rings is 1. The average molecular weight is 343 g/mol. The van der Waals surface area contributed by atoms with E-state index < -0.39 is 22.1 Å². The van der Waals surface area contributed by atoms with Crippen molar-refractivity contribution >= 4 is 27.6 Å². The smallest absolute Gasteiger partial charge is 0.371 e. The van der Waals surface area contributed by atoms with Crippen molar-refractivity contribution < 1.29 is 19.2 Å². The number of rotatable bonds is 4. The Kier molecular flexibility index (Phi) is 3.70. The van der Waals surface area contributed by atoms with Crippen molar-refractivity contribution in [2.45, 2.75) is 6.54 Å². The summed E-state index contributed by atoms with van der Waals surface area (Å²) in [6.45, 7) is -0.105. The second kappa shape index (κ2) is 5.29. The SMILES string of the molecule is O=C(O)c1ccc(Cn2cc(Br)cc([N+](=O)[O-])c2=O)o1. The summed E-state index contributed by atoms with van der Waals surface area (Å²) in [6.07, 6.45) is 1.36. The normalized spacial score (nSPS) is 10.4. The first-order valence-electron chi connectivity index (χ1n) is 5.25. The van der Waals surface area contributed by atoms with Crippen LogP contribution in [0.1, 0.15) is 16.3 Å². The number of aromatic nitrogens is 1. The van der Waals surface area contributed by atoms with Gasteiger partial charge in [-0.2, -0.15) is 0 Å². The molecule has 0 spiro atoms. The minimum absolute atomic E-state index is 0.105. The van der Waals surface area contributed by atoms with Gasteiger partial charge in [-0.1, -0.05) is 0 Å². The molecule has 0 saturated carbocycles. The fourth-order valence-corrected chi connectivity index (χ4v) is 2.04. The van der Waals surface area contributed by atoms with Gasteiger partial charge in [-0.05, 0) is 28.1 Å². The number of hydrogen-bond donors (Lipinski definition) is 1. The summed E-state index contributed by atoms with van der Waals surface area (Å²) in [5.74, 6) is -1.29. The van der Waals surface area contributed by atoms with Crippen LogP contribution in [0.15, 0.2) is 38.1 Å². The maximum atomic E-state index is 11.9. The van der Waals surface area contributed by atoms with E-state index in [0.717, 1.165) is 10.6 Å². The lowest BCUT2D eigenvalue weighted by Gasteiger charge is -2.04. The Labute approximate surface area is 119 Å². The summed E-state index contributed by atoms with van der Waals surface area (Å²) in [6, 6.07) is 3.74. The lowest BCUT2D eigenvalue weighted by molar-refractivity contribution is -0.386. The van der Waals surface area contributed by atoms with E-state index >= 15 is 0 Å². The van der Waals surface area contributed by atoms with Crippen molar-refractivity contribution in [1.29, 1.82) is 0 Å². The highest BCUT2D eigenvalue weighted by Crippen LogP contribution is 2.15. The van der Waals surface area contributed by atoms with Crippen molar-refractivity contribution in [2.75, 3.05) is 0 Å². The van der Waals surface area contributed by atoms with Crippen LogP contribution in [0, 0.1) is 10.1 Å². The zero-order chi connectivity index (χ0) is 14.9. The molecular weight excluding hydrogens is 336 g/mol. The number of halogens is 1. The Morgan fingerprint density at radius 2 is 2.20 bits per heavy atom. The summed E-state index contributed by atoms with van der Waals surface area (Å²) in [4.78, 5) is 32.5. The Bertz CT molecular complexity index is 748. The molecule has 0 aliphatic carbocycles. The standard InChI is InChI=1S/C11H7BrN2O6/c12-6-3-8(14(18)19)10(15)13(4-6)5-7-1-2-9(20-7)11(16)17/h1-4H,5H2,(H,16,17). The predicted molar refractivity (Wildman–Crippen MR) is 69.8 cm³/mol. The first-order chi connectivity index (χ1) is 9.38. The molecule has 2 aromatic heterocycles. The van der Waals surface area contributed by atoms with Crippen LogP contribution in [0.5, 0.6) is 0 Å². The van der Waals surface area contributed by atoms with E-state index in [1.165, 1.54) is 18.3 Å². The second-order valence-electron chi connectivity index (χ2n) is 3.80. The van der Waals surface area contributed by atoms with Crippen molar-refractivity contribution in [3.8, 4) is 0 Å². The van der Waals surface area contributed by atoms with E-state index in [4.69, 9.17) is 9.52 Å². The molecule has 0 unspecified atom stereocenters. The number of nitrogens with zero attached hydrogens (tertiary/aromatic N) is 2. The van der Waals surface area contributed by atoms with Gasteiger partial charge in [0.2, 0.25) is 5.76 Å². The molecule has 1 N–H and O–H groups in total. The van der Waals surface area contributed by atoms with Gasteiger partial charge in [0, 0.05) is 16.7 Å². The van der Waals surface area contributed by atoms with Crippen LogP contribution >= 0.6 is 15.9 Å². The third-order valence-corrected chi connectivity index (χ3v) is 2.86. The Balaban J connectivity index is 2.40. The Morgan fingerprint density at radius 1 is 1.50 bits per heavy atom. The molecule has 8 nitrogen and oxygen atoms in total. The summed E-state index contributed by atoms with van der Waals surface area (Å²) in [5, 5.41) is 19.5. The van der Waals surface area contributed by atoms with Gasteiger partial charge < -0.3 is 14.1 Å². The largest absolute Gasteiger partial charge is 0.475 e. The molecular formula is C11H7BrN2O6. The Morgan fingerprint density at radius 3 is 2.75 bits per heavy atom. The van der Waals surface area contributed by atoms with Gasteiger partial charge in [-0.15, -0.1) is 0 Å².